The zero-order chi connectivity index (χ0) is 14.6. The maximum absolute atomic E-state index is 12.5. The molecule has 1 aromatic rings. The predicted molar refractivity (Wildman–Crippen MR) is 75.5 cm³/mol. The third-order valence-electron chi connectivity index (χ3n) is 2.99. The summed E-state index contributed by atoms with van der Waals surface area (Å²) in [6.45, 7) is 2.69. The molecule has 0 aromatic heterocycles. The van der Waals surface area contributed by atoms with Crippen LogP contribution in [-0.4, -0.2) is 57.0 Å². The van der Waals surface area contributed by atoms with Gasteiger partial charge in [-0.1, -0.05) is 12.1 Å². The Morgan fingerprint density at radius 1 is 1.16 bits per heavy atom. The van der Waals surface area contributed by atoms with Crippen molar-refractivity contribution in [2.24, 2.45) is 0 Å². The summed E-state index contributed by atoms with van der Waals surface area (Å²) < 4.78 is 26.3. The number of hydrogen-bond donors (Lipinski definition) is 1. The Labute approximate surface area is 115 Å². The van der Waals surface area contributed by atoms with E-state index in [0.29, 0.717) is 24.2 Å². The van der Waals surface area contributed by atoms with Gasteiger partial charge < -0.3 is 10.0 Å². The summed E-state index contributed by atoms with van der Waals surface area (Å²) in [6.07, 6.45) is 0. The smallest absolute Gasteiger partial charge is 0.243 e. The molecule has 1 rings (SSSR count). The molecule has 0 bridgehead atoms. The molecule has 0 radical (unpaired) electrons. The van der Waals surface area contributed by atoms with Gasteiger partial charge in [0.05, 0.1) is 11.5 Å². The molecule has 1 N–H and O–H groups in total. The van der Waals surface area contributed by atoms with Crippen LogP contribution in [0.4, 0.5) is 0 Å². The van der Waals surface area contributed by atoms with Crippen LogP contribution < -0.4 is 0 Å². The topological polar surface area (TPSA) is 60.9 Å². The molecule has 0 aliphatic rings. The Hall–Kier alpha value is -0.950. The molecular weight excluding hydrogens is 264 g/mol. The van der Waals surface area contributed by atoms with Gasteiger partial charge >= 0.3 is 0 Å². The first kappa shape index (κ1) is 16.1. The number of benzene rings is 1. The van der Waals surface area contributed by atoms with Crippen molar-refractivity contribution in [1.29, 1.82) is 0 Å². The zero-order valence-electron chi connectivity index (χ0n) is 11.9. The van der Waals surface area contributed by atoms with E-state index in [-0.39, 0.29) is 11.5 Å². The van der Waals surface area contributed by atoms with Gasteiger partial charge in [-0.2, -0.15) is 4.31 Å². The maximum Gasteiger partial charge on any atom is 0.243 e. The van der Waals surface area contributed by atoms with E-state index in [1.807, 2.05) is 19.0 Å². The highest BCUT2D eigenvalue weighted by atomic mass is 32.2. The van der Waals surface area contributed by atoms with E-state index in [4.69, 9.17) is 5.11 Å². The van der Waals surface area contributed by atoms with Gasteiger partial charge in [0.1, 0.15) is 0 Å². The summed E-state index contributed by atoms with van der Waals surface area (Å²) in [4.78, 5) is 2.20. The number of likely N-dealkylation sites (N-methyl/N-ethyl adjacent to an activating group) is 2. The molecule has 0 amide bonds. The van der Waals surface area contributed by atoms with Gasteiger partial charge in [-0.05, 0) is 38.2 Å². The van der Waals surface area contributed by atoms with Crippen molar-refractivity contribution in [2.45, 2.75) is 18.4 Å². The lowest BCUT2D eigenvalue weighted by Gasteiger charge is -2.20. The van der Waals surface area contributed by atoms with Crippen molar-refractivity contribution in [2.75, 3.05) is 34.2 Å². The standard InChI is InChI=1S/C13H22N2O3S/c1-11-5-6-12(10-16)9-13(11)19(17,18)15(4)8-7-14(2)3/h5-6,9,16H,7-8,10H2,1-4H3. The number of aliphatic hydroxyl groups is 1. The number of rotatable bonds is 6. The molecule has 19 heavy (non-hydrogen) atoms. The van der Waals surface area contributed by atoms with Crippen LogP contribution in [0, 0.1) is 6.92 Å². The molecule has 0 aliphatic heterocycles. The lowest BCUT2D eigenvalue weighted by Crippen LogP contribution is -2.33. The average molecular weight is 286 g/mol. The summed E-state index contributed by atoms with van der Waals surface area (Å²) in [5.41, 5.74) is 1.29. The van der Waals surface area contributed by atoms with Crippen LogP contribution in [0.2, 0.25) is 0 Å². The lowest BCUT2D eigenvalue weighted by molar-refractivity contribution is 0.281. The molecule has 6 heteroatoms. The number of hydrogen-bond acceptors (Lipinski definition) is 4. The molecular formula is C13H22N2O3S. The summed E-state index contributed by atoms with van der Waals surface area (Å²) in [5, 5.41) is 9.12. The van der Waals surface area contributed by atoms with E-state index in [0.717, 1.165) is 0 Å². The Morgan fingerprint density at radius 2 is 1.79 bits per heavy atom. The minimum atomic E-state index is -3.50. The van der Waals surface area contributed by atoms with Crippen molar-refractivity contribution in [3.63, 3.8) is 0 Å². The minimum absolute atomic E-state index is 0.162. The molecule has 0 atom stereocenters. The van der Waals surface area contributed by atoms with Crippen LogP contribution in [0.1, 0.15) is 11.1 Å². The SMILES string of the molecule is Cc1ccc(CO)cc1S(=O)(=O)N(C)CCN(C)C. The summed E-state index contributed by atoms with van der Waals surface area (Å²) in [6, 6.07) is 4.99. The van der Waals surface area contributed by atoms with Gasteiger partial charge in [0.25, 0.3) is 0 Å². The second kappa shape index (κ2) is 6.47. The monoisotopic (exact) mass is 286 g/mol. The lowest BCUT2D eigenvalue weighted by atomic mass is 10.2. The molecule has 1 aromatic carbocycles. The first-order valence-corrected chi connectivity index (χ1v) is 7.54. The Balaban J connectivity index is 3.05. The van der Waals surface area contributed by atoms with Gasteiger partial charge in [-0.25, -0.2) is 8.42 Å². The first-order chi connectivity index (χ1) is 8.78. The predicted octanol–water partition coefficient (Wildman–Crippen LogP) is 0.669. The van der Waals surface area contributed by atoms with Crippen LogP contribution >= 0.6 is 0 Å². The van der Waals surface area contributed by atoms with Crippen molar-refractivity contribution in [3.8, 4) is 0 Å². The minimum Gasteiger partial charge on any atom is -0.392 e. The molecule has 5 nitrogen and oxygen atoms in total. The summed E-state index contributed by atoms with van der Waals surface area (Å²) in [5.74, 6) is 0. The van der Waals surface area contributed by atoms with Crippen LogP contribution in [0.3, 0.4) is 0 Å². The fourth-order valence-corrected chi connectivity index (χ4v) is 3.08. The highest BCUT2D eigenvalue weighted by molar-refractivity contribution is 7.89. The number of sulfonamides is 1. The Bertz CT molecular complexity index is 527. The van der Waals surface area contributed by atoms with Crippen LogP contribution in [0.25, 0.3) is 0 Å². The van der Waals surface area contributed by atoms with Crippen molar-refractivity contribution in [1.82, 2.24) is 9.21 Å². The highest BCUT2D eigenvalue weighted by Crippen LogP contribution is 2.20. The fraction of sp³-hybridized carbons (Fsp3) is 0.538. The molecule has 0 spiro atoms. The van der Waals surface area contributed by atoms with Crippen molar-refractivity contribution in [3.05, 3.63) is 29.3 Å². The van der Waals surface area contributed by atoms with Gasteiger partial charge in [-0.3, -0.25) is 0 Å². The van der Waals surface area contributed by atoms with E-state index in [2.05, 4.69) is 0 Å². The number of nitrogens with zero attached hydrogens (tertiary/aromatic N) is 2. The van der Waals surface area contributed by atoms with E-state index in [1.54, 1.807) is 26.1 Å². The third kappa shape index (κ3) is 4.01. The van der Waals surface area contributed by atoms with E-state index in [1.165, 1.54) is 10.4 Å². The maximum atomic E-state index is 12.5. The van der Waals surface area contributed by atoms with Crippen LogP contribution in [0.5, 0.6) is 0 Å². The van der Waals surface area contributed by atoms with E-state index >= 15 is 0 Å². The summed E-state index contributed by atoms with van der Waals surface area (Å²) in [7, 11) is 1.87. The Morgan fingerprint density at radius 3 is 2.32 bits per heavy atom. The second-order valence-corrected chi connectivity index (χ2v) is 6.90. The molecule has 0 saturated heterocycles. The molecule has 108 valence electrons. The number of aliphatic hydroxyl groups excluding tert-OH is 1. The molecule has 0 unspecified atom stereocenters. The van der Waals surface area contributed by atoms with Gasteiger partial charge in [-0.15, -0.1) is 0 Å². The largest absolute Gasteiger partial charge is 0.392 e. The third-order valence-corrected chi connectivity index (χ3v) is 4.98. The van der Waals surface area contributed by atoms with Crippen molar-refractivity contribution >= 4 is 10.0 Å². The molecule has 0 saturated carbocycles. The highest BCUT2D eigenvalue weighted by Gasteiger charge is 2.22. The quantitative estimate of drug-likeness (QED) is 0.835. The van der Waals surface area contributed by atoms with Gasteiger partial charge in [0, 0.05) is 20.1 Å². The molecule has 0 heterocycles. The van der Waals surface area contributed by atoms with E-state index < -0.39 is 10.0 Å². The fourth-order valence-electron chi connectivity index (χ4n) is 1.65. The first-order valence-electron chi connectivity index (χ1n) is 6.10. The molecule has 0 aliphatic carbocycles. The summed E-state index contributed by atoms with van der Waals surface area (Å²) >= 11 is 0. The van der Waals surface area contributed by atoms with Crippen LogP contribution in [0.15, 0.2) is 23.1 Å². The van der Waals surface area contributed by atoms with Crippen molar-refractivity contribution < 1.29 is 13.5 Å². The number of aryl methyl sites for hydroxylation is 1. The molecule has 0 fully saturated rings. The zero-order valence-corrected chi connectivity index (χ0v) is 12.7. The van der Waals surface area contributed by atoms with Gasteiger partial charge in [0.2, 0.25) is 10.0 Å². The van der Waals surface area contributed by atoms with Gasteiger partial charge in [0.15, 0.2) is 0 Å². The Kier molecular flexibility index (Phi) is 5.49. The average Bonchev–Trinajstić information content (AvgIpc) is 2.36. The second-order valence-electron chi connectivity index (χ2n) is 4.89. The normalized spacial score (nSPS) is 12.4. The van der Waals surface area contributed by atoms with Crippen LogP contribution in [-0.2, 0) is 16.6 Å². The van der Waals surface area contributed by atoms with E-state index in [9.17, 15) is 8.42 Å².